The molecule has 0 bridgehead atoms. The van der Waals surface area contributed by atoms with Gasteiger partial charge in [-0.1, -0.05) is 140 Å². The van der Waals surface area contributed by atoms with Crippen LogP contribution in [0.25, 0.3) is 0 Å². The summed E-state index contributed by atoms with van der Waals surface area (Å²) in [7, 11) is -10.9. The molecule has 1 aliphatic rings. The lowest BCUT2D eigenvalue weighted by Crippen LogP contribution is -2.36. The molecule has 0 radical (unpaired) electrons. The van der Waals surface area contributed by atoms with Crippen molar-refractivity contribution in [3.05, 3.63) is 71.4 Å². The van der Waals surface area contributed by atoms with Crippen molar-refractivity contribution >= 4 is 33.4 Å². The number of anilines is 1. The molecule has 1 saturated heterocycles. The number of nitrogens with zero attached hydrogens (tertiary/aromatic N) is 2. The third-order valence-corrected chi connectivity index (χ3v) is 13.7. The third-order valence-electron chi connectivity index (χ3n) is 11.1. The van der Waals surface area contributed by atoms with Gasteiger partial charge in [-0.15, -0.1) is 0 Å². The van der Waals surface area contributed by atoms with Gasteiger partial charge in [0.2, 0.25) is 0 Å². The van der Waals surface area contributed by atoms with E-state index in [1.807, 2.05) is 6.08 Å². The molecule has 0 aliphatic carbocycles. The average molecular weight is 1020 g/mol. The topological polar surface area (TPSA) is 306 Å². The largest absolute Gasteiger partial charge is 0.481 e. The van der Waals surface area contributed by atoms with Crippen molar-refractivity contribution in [2.24, 2.45) is 5.92 Å². The van der Waals surface area contributed by atoms with Crippen molar-refractivity contribution in [2.75, 3.05) is 25.6 Å². The maximum atomic E-state index is 12.8. The summed E-state index contributed by atoms with van der Waals surface area (Å²) < 4.78 is 56.5. The van der Waals surface area contributed by atoms with Gasteiger partial charge in [0.05, 0.1) is 25.4 Å². The van der Waals surface area contributed by atoms with Crippen molar-refractivity contribution in [3.8, 4) is 0 Å². The number of hydrogen-bond donors (Lipinski definition) is 7. The fraction of sp³-hybridized carbons (Fsp3) is 0.702. The fourth-order valence-electron chi connectivity index (χ4n) is 6.89. The zero-order chi connectivity index (χ0) is 51.1. The van der Waals surface area contributed by atoms with E-state index in [-0.39, 0.29) is 31.5 Å². The van der Waals surface area contributed by atoms with Gasteiger partial charge in [0.1, 0.15) is 30.7 Å². The molecule has 1 aromatic rings. The van der Waals surface area contributed by atoms with Gasteiger partial charge in [-0.25, -0.2) is 13.9 Å². The Morgan fingerprint density at radius 2 is 1.45 bits per heavy atom. The summed E-state index contributed by atoms with van der Waals surface area (Å²) in [6.07, 6.45) is 21.3. The Morgan fingerprint density at radius 1 is 0.812 bits per heavy atom. The Hall–Kier alpha value is -3.36. The first kappa shape index (κ1) is 61.8. The van der Waals surface area contributed by atoms with Crippen molar-refractivity contribution < 1.29 is 76.5 Å². The molecule has 0 saturated carbocycles. The summed E-state index contributed by atoms with van der Waals surface area (Å²) in [5, 5.41) is 41.3. The lowest BCUT2D eigenvalue weighted by Gasteiger charge is -2.21. The van der Waals surface area contributed by atoms with Crippen LogP contribution in [-0.2, 0) is 46.3 Å². The summed E-state index contributed by atoms with van der Waals surface area (Å²) in [5.41, 5.74) is 4.56. The Kier molecular flexibility index (Phi) is 31.2. The number of rotatable bonds is 38. The number of phosphoric ester groups is 2. The maximum absolute atomic E-state index is 12.8. The molecule has 0 aromatic carbocycles. The number of aliphatic hydroxyl groups excluding tert-OH is 4. The van der Waals surface area contributed by atoms with Crippen molar-refractivity contribution in [2.45, 2.75) is 186 Å². The second kappa shape index (κ2) is 34.9. The molecule has 1 aliphatic heterocycles. The number of nitrogens with two attached hydrogens (primary N) is 1. The van der Waals surface area contributed by atoms with E-state index in [1.165, 1.54) is 44.2 Å². The molecule has 2 rings (SSSR count). The van der Waals surface area contributed by atoms with Crippen LogP contribution in [0.3, 0.4) is 0 Å². The zero-order valence-corrected chi connectivity index (χ0v) is 42.3. The minimum Gasteiger partial charge on any atom is -0.462 e. The minimum absolute atomic E-state index is 0.00384. The van der Waals surface area contributed by atoms with E-state index in [4.69, 9.17) is 29.0 Å². The molecule has 69 heavy (non-hydrogen) atoms. The van der Waals surface area contributed by atoms with Gasteiger partial charge >= 0.3 is 33.3 Å². The van der Waals surface area contributed by atoms with E-state index in [0.29, 0.717) is 12.8 Å². The van der Waals surface area contributed by atoms with Gasteiger partial charge in [-0.05, 0) is 50.5 Å². The Labute approximate surface area is 406 Å². The van der Waals surface area contributed by atoms with Gasteiger partial charge in [0.25, 0.3) is 0 Å². The van der Waals surface area contributed by atoms with Gasteiger partial charge in [-0.2, -0.15) is 9.29 Å². The molecule has 8 N–H and O–H groups in total. The quantitative estimate of drug-likeness (QED) is 0.0113. The number of allylic oxidation sites excluding steroid dienone is 5. The molecular formula is C47H79N3O17P2. The zero-order valence-electron chi connectivity index (χ0n) is 40.5. The number of phosphoric acid groups is 2. The summed E-state index contributed by atoms with van der Waals surface area (Å²) in [6.45, 7) is 4.10. The van der Waals surface area contributed by atoms with Crippen LogP contribution in [0.4, 0.5) is 5.82 Å². The first-order valence-electron chi connectivity index (χ1n) is 24.3. The molecule has 1 fully saturated rings. The second-order valence-electron chi connectivity index (χ2n) is 17.3. The van der Waals surface area contributed by atoms with Gasteiger partial charge in [-0.3, -0.25) is 23.2 Å². The van der Waals surface area contributed by atoms with Crippen LogP contribution in [0, 0.1) is 5.92 Å². The molecule has 0 spiro atoms. The highest BCUT2D eigenvalue weighted by atomic mass is 31.3. The molecule has 394 valence electrons. The summed E-state index contributed by atoms with van der Waals surface area (Å²) in [5.74, 6) is -0.811. The number of unbranched alkanes of at least 4 members (excludes halogenated alkanes) is 10. The lowest BCUT2D eigenvalue weighted by molar-refractivity contribution is -0.161. The summed E-state index contributed by atoms with van der Waals surface area (Å²) in [6, 6.07) is 1.23. The van der Waals surface area contributed by atoms with Crippen LogP contribution < -0.4 is 11.4 Å². The van der Waals surface area contributed by atoms with Crippen molar-refractivity contribution in [1.82, 2.24) is 9.55 Å². The van der Waals surface area contributed by atoms with E-state index in [2.05, 4.69) is 36.1 Å². The number of ether oxygens (including phenoxy) is 3. The van der Waals surface area contributed by atoms with Crippen LogP contribution in [0.2, 0.25) is 0 Å². The third kappa shape index (κ3) is 28.3. The number of esters is 2. The normalized spacial score (nSPS) is 21.2. The standard InChI is InChI=1S/C47H79N3O17P2/c1-4-6-7-8-14-19-25-37(51)26-20-16-17-21-27-38(52)28-23-30-42(53)62-33-39(65-43(54)29-22-15-12-10-9-11-13-18-24-36(3)5-2)34-63-68(58,59)67-69(60,61)64-35-40-44(55)45(56)46(66-40)50-32-31-41(48)49-47(50)57/h14,16-17,19-21,26-27,31-32,36-40,44-46,51-52,55-56H,4-13,15,18,22-25,28-30,33-35H2,1-3H3,(H,58,59)(H,60,61)(H2,48,49,57)/b17-16+,19-14-,26-20+,27-21-/t36?,37-,38-,39-,40-,44-,45-,46-/m1/s1. The SMILES string of the molecule is CCCCC/C=C\C[C@@H](O)/C=C/C=C/C=C\[C@@H](O)CCCC(=O)OC[C@H](COP(=O)(O)OP(=O)(O)OC[C@H]1O[C@@H](n2ccc(N)nc2=O)[C@H](O)[C@@H]1O)OC(=O)CCCCCCCCCCC(C)CC. The molecule has 3 unspecified atom stereocenters. The number of aliphatic hydroxyl groups is 4. The van der Waals surface area contributed by atoms with Crippen LogP contribution in [-0.4, -0.2) is 108 Å². The van der Waals surface area contributed by atoms with Gasteiger partial charge < -0.3 is 50.2 Å². The van der Waals surface area contributed by atoms with Crippen molar-refractivity contribution in [1.29, 1.82) is 0 Å². The minimum atomic E-state index is -5.47. The lowest BCUT2D eigenvalue weighted by atomic mass is 9.99. The number of carbonyl (C=O) groups excluding carboxylic acids is 2. The summed E-state index contributed by atoms with van der Waals surface area (Å²) in [4.78, 5) is 61.8. The van der Waals surface area contributed by atoms with Crippen molar-refractivity contribution in [3.63, 3.8) is 0 Å². The van der Waals surface area contributed by atoms with Crippen LogP contribution >= 0.6 is 15.6 Å². The molecule has 22 heteroatoms. The number of hydrogen-bond acceptors (Lipinski definition) is 17. The monoisotopic (exact) mass is 1020 g/mol. The first-order chi connectivity index (χ1) is 32.9. The van der Waals surface area contributed by atoms with Gasteiger partial charge in [0, 0.05) is 19.0 Å². The van der Waals surface area contributed by atoms with Gasteiger partial charge in [0.15, 0.2) is 12.3 Å². The first-order valence-corrected chi connectivity index (χ1v) is 27.3. The molecule has 10 atom stereocenters. The van der Waals surface area contributed by atoms with Crippen LogP contribution in [0.5, 0.6) is 0 Å². The van der Waals surface area contributed by atoms with Crippen LogP contribution in [0.15, 0.2) is 65.7 Å². The highest BCUT2D eigenvalue weighted by molar-refractivity contribution is 7.61. The average Bonchev–Trinajstić information content (AvgIpc) is 3.57. The highest BCUT2D eigenvalue weighted by Crippen LogP contribution is 2.60. The fourth-order valence-corrected chi connectivity index (χ4v) is 9.00. The highest BCUT2D eigenvalue weighted by Gasteiger charge is 2.46. The van der Waals surface area contributed by atoms with Crippen LogP contribution in [0.1, 0.15) is 149 Å². The molecule has 20 nitrogen and oxygen atoms in total. The number of carbonyl (C=O) groups is 2. The maximum Gasteiger partial charge on any atom is 0.481 e. The number of nitrogen functional groups attached to an aromatic ring is 1. The Morgan fingerprint density at radius 3 is 2.12 bits per heavy atom. The Balaban J connectivity index is 1.89. The van der Waals surface area contributed by atoms with E-state index < -0.39 is 95.9 Å². The van der Waals surface area contributed by atoms with E-state index in [1.54, 1.807) is 30.4 Å². The smallest absolute Gasteiger partial charge is 0.462 e. The molecular weight excluding hydrogens is 940 g/mol. The van der Waals surface area contributed by atoms with E-state index >= 15 is 0 Å². The summed E-state index contributed by atoms with van der Waals surface area (Å²) >= 11 is 0. The molecule has 2 heterocycles. The number of aromatic nitrogens is 2. The van der Waals surface area contributed by atoms with E-state index in [0.717, 1.165) is 68.0 Å². The molecule has 1 aromatic heterocycles. The Bertz CT molecular complexity index is 1900. The predicted octanol–water partition coefficient (Wildman–Crippen LogP) is 7.18. The van der Waals surface area contributed by atoms with E-state index in [9.17, 15) is 53.7 Å². The predicted molar refractivity (Wildman–Crippen MR) is 259 cm³/mol. The second-order valence-corrected chi connectivity index (χ2v) is 20.3. The molecule has 0 amide bonds.